The van der Waals surface area contributed by atoms with Crippen molar-refractivity contribution in [2.75, 3.05) is 18.4 Å². The van der Waals surface area contributed by atoms with Crippen molar-refractivity contribution in [2.24, 2.45) is 7.05 Å². The van der Waals surface area contributed by atoms with Crippen molar-refractivity contribution in [2.45, 2.75) is 25.8 Å². The van der Waals surface area contributed by atoms with Gasteiger partial charge in [-0.25, -0.2) is 0 Å². The Bertz CT molecular complexity index is 710. The Morgan fingerprint density at radius 1 is 1.43 bits per heavy atom. The normalized spacial score (nSPS) is 20.7. The Labute approximate surface area is 142 Å². The molecule has 1 aliphatic rings. The lowest BCUT2D eigenvalue weighted by Gasteiger charge is -2.22. The zero-order chi connectivity index (χ0) is 16.4. The van der Waals surface area contributed by atoms with Crippen LogP contribution in [0.3, 0.4) is 0 Å². The number of likely N-dealkylation sites (tertiary alicyclic amines) is 1. The number of nitrogens with zero attached hydrogens (tertiary/aromatic N) is 1. The molecule has 1 aromatic heterocycles. The fraction of sp³-hybridized carbons (Fsp3) is 0.389. The van der Waals surface area contributed by atoms with Gasteiger partial charge in [0.25, 0.3) is 5.91 Å². The monoisotopic (exact) mass is 332 g/mol. The standard InChI is InChI=1S/C18H22ClN3O/c1-13-11-14(19)7-8-15(13)20-18(23)12-22-10-4-6-17(22)16-5-3-9-21(16)2/h3,5,7-9,11,17H,4,6,10,12H2,1-2H3,(H,20,23)/p+1/t17-/m1/s1. The third kappa shape index (κ3) is 3.59. The van der Waals surface area contributed by atoms with E-state index in [0.717, 1.165) is 24.2 Å². The summed E-state index contributed by atoms with van der Waals surface area (Å²) in [6, 6.07) is 10.2. The summed E-state index contributed by atoms with van der Waals surface area (Å²) in [5.74, 6) is 0.0616. The maximum Gasteiger partial charge on any atom is 0.279 e. The van der Waals surface area contributed by atoms with Gasteiger partial charge >= 0.3 is 0 Å². The highest BCUT2D eigenvalue weighted by atomic mass is 35.5. The van der Waals surface area contributed by atoms with Gasteiger partial charge in [0.2, 0.25) is 0 Å². The smallest absolute Gasteiger partial charge is 0.279 e. The van der Waals surface area contributed by atoms with Crippen LogP contribution < -0.4 is 10.2 Å². The molecule has 0 aliphatic carbocycles. The van der Waals surface area contributed by atoms with E-state index in [2.05, 4.69) is 35.3 Å². The van der Waals surface area contributed by atoms with E-state index in [-0.39, 0.29) is 5.91 Å². The topological polar surface area (TPSA) is 38.5 Å². The highest BCUT2D eigenvalue weighted by Crippen LogP contribution is 2.20. The quantitative estimate of drug-likeness (QED) is 0.886. The second kappa shape index (κ2) is 6.77. The number of hydrogen-bond donors (Lipinski definition) is 2. The largest absolute Gasteiger partial charge is 0.350 e. The van der Waals surface area contributed by atoms with Crippen LogP contribution in [0, 0.1) is 6.92 Å². The van der Waals surface area contributed by atoms with Gasteiger partial charge in [0.15, 0.2) is 6.54 Å². The lowest BCUT2D eigenvalue weighted by molar-refractivity contribution is -0.910. The minimum absolute atomic E-state index is 0.0616. The molecule has 1 amide bonds. The van der Waals surface area contributed by atoms with E-state index in [1.165, 1.54) is 17.0 Å². The van der Waals surface area contributed by atoms with Crippen LogP contribution in [0.2, 0.25) is 5.02 Å². The van der Waals surface area contributed by atoms with Crippen LogP contribution in [-0.4, -0.2) is 23.6 Å². The van der Waals surface area contributed by atoms with Gasteiger partial charge in [-0.15, -0.1) is 0 Å². The molecule has 23 heavy (non-hydrogen) atoms. The first-order chi connectivity index (χ1) is 11.0. The molecule has 1 aromatic carbocycles. The summed E-state index contributed by atoms with van der Waals surface area (Å²) in [6.07, 6.45) is 4.38. The molecule has 4 nitrogen and oxygen atoms in total. The Morgan fingerprint density at radius 2 is 2.26 bits per heavy atom. The number of halogens is 1. The Kier molecular flexibility index (Phi) is 4.74. The molecule has 0 radical (unpaired) electrons. The predicted molar refractivity (Wildman–Crippen MR) is 92.9 cm³/mol. The van der Waals surface area contributed by atoms with Gasteiger partial charge in [0.05, 0.1) is 12.2 Å². The first-order valence-corrected chi connectivity index (χ1v) is 8.44. The van der Waals surface area contributed by atoms with Gasteiger partial charge < -0.3 is 14.8 Å². The second-order valence-electron chi connectivity index (χ2n) is 6.33. The van der Waals surface area contributed by atoms with Crippen molar-refractivity contribution >= 4 is 23.2 Å². The fourth-order valence-electron chi connectivity index (χ4n) is 3.48. The summed E-state index contributed by atoms with van der Waals surface area (Å²) in [5.41, 5.74) is 3.14. The van der Waals surface area contributed by atoms with E-state index in [1.54, 1.807) is 6.07 Å². The van der Waals surface area contributed by atoms with Crippen molar-refractivity contribution in [3.05, 3.63) is 52.8 Å². The molecule has 0 bridgehead atoms. The molecule has 0 spiro atoms. The molecule has 0 saturated carbocycles. The maximum atomic E-state index is 12.4. The van der Waals surface area contributed by atoms with Crippen molar-refractivity contribution < 1.29 is 9.69 Å². The summed E-state index contributed by atoms with van der Waals surface area (Å²) in [6.45, 7) is 3.50. The first-order valence-electron chi connectivity index (χ1n) is 8.06. The fourth-order valence-corrected chi connectivity index (χ4v) is 3.71. The number of carbonyl (C=O) groups is 1. The molecular formula is C18H23ClN3O+. The molecular weight excluding hydrogens is 310 g/mol. The van der Waals surface area contributed by atoms with Crippen LogP contribution in [0.1, 0.15) is 30.1 Å². The molecule has 2 heterocycles. The molecule has 122 valence electrons. The summed E-state index contributed by atoms with van der Waals surface area (Å²) >= 11 is 5.96. The van der Waals surface area contributed by atoms with Crippen LogP contribution in [0.4, 0.5) is 5.69 Å². The molecule has 2 atom stereocenters. The number of benzene rings is 1. The van der Waals surface area contributed by atoms with Gasteiger partial charge in [0, 0.05) is 36.8 Å². The van der Waals surface area contributed by atoms with E-state index >= 15 is 0 Å². The molecule has 3 rings (SSSR count). The van der Waals surface area contributed by atoms with Gasteiger partial charge in [0.1, 0.15) is 6.04 Å². The van der Waals surface area contributed by atoms with Crippen molar-refractivity contribution in [1.82, 2.24) is 4.57 Å². The lowest BCUT2D eigenvalue weighted by atomic mass is 10.1. The minimum Gasteiger partial charge on any atom is -0.350 e. The van der Waals surface area contributed by atoms with E-state index in [9.17, 15) is 4.79 Å². The molecule has 2 aromatic rings. The highest BCUT2D eigenvalue weighted by molar-refractivity contribution is 6.30. The lowest BCUT2D eigenvalue weighted by Crippen LogP contribution is -3.11. The number of amides is 1. The van der Waals surface area contributed by atoms with Crippen molar-refractivity contribution in [3.8, 4) is 0 Å². The highest BCUT2D eigenvalue weighted by Gasteiger charge is 2.32. The number of aromatic nitrogens is 1. The number of hydrogen-bond acceptors (Lipinski definition) is 1. The number of quaternary nitrogens is 1. The second-order valence-corrected chi connectivity index (χ2v) is 6.77. The van der Waals surface area contributed by atoms with Crippen molar-refractivity contribution in [3.63, 3.8) is 0 Å². The minimum atomic E-state index is 0.0616. The zero-order valence-corrected chi connectivity index (χ0v) is 14.4. The summed E-state index contributed by atoms with van der Waals surface area (Å²) in [4.78, 5) is 13.8. The molecule has 5 heteroatoms. The number of aryl methyl sites for hydroxylation is 2. The van der Waals surface area contributed by atoms with Gasteiger partial charge in [-0.3, -0.25) is 4.79 Å². The van der Waals surface area contributed by atoms with E-state index in [4.69, 9.17) is 11.6 Å². The average molecular weight is 333 g/mol. The molecule has 1 fully saturated rings. The van der Waals surface area contributed by atoms with Crippen LogP contribution in [0.5, 0.6) is 0 Å². The van der Waals surface area contributed by atoms with Crippen LogP contribution in [0.15, 0.2) is 36.5 Å². The van der Waals surface area contributed by atoms with Crippen LogP contribution in [-0.2, 0) is 11.8 Å². The number of nitrogens with one attached hydrogen (secondary N) is 2. The van der Waals surface area contributed by atoms with E-state index in [1.807, 2.05) is 19.1 Å². The van der Waals surface area contributed by atoms with Crippen molar-refractivity contribution in [1.29, 1.82) is 0 Å². The zero-order valence-electron chi connectivity index (χ0n) is 13.6. The maximum absolute atomic E-state index is 12.4. The first kappa shape index (κ1) is 16.1. The molecule has 1 saturated heterocycles. The Balaban J connectivity index is 1.66. The van der Waals surface area contributed by atoms with Gasteiger partial charge in [-0.1, -0.05) is 11.6 Å². The summed E-state index contributed by atoms with van der Waals surface area (Å²) < 4.78 is 2.16. The third-order valence-electron chi connectivity index (χ3n) is 4.67. The van der Waals surface area contributed by atoms with Crippen LogP contribution >= 0.6 is 11.6 Å². The summed E-state index contributed by atoms with van der Waals surface area (Å²) in [7, 11) is 2.07. The van der Waals surface area contributed by atoms with E-state index in [0.29, 0.717) is 17.6 Å². The molecule has 1 unspecified atom stereocenters. The SMILES string of the molecule is Cc1cc(Cl)ccc1NC(=O)C[NH+]1CCC[C@@H]1c1cccn1C. The number of carbonyl (C=O) groups excluding carboxylic acids is 1. The Morgan fingerprint density at radius 3 is 2.96 bits per heavy atom. The molecule has 1 aliphatic heterocycles. The summed E-state index contributed by atoms with van der Waals surface area (Å²) in [5, 5.41) is 3.71. The predicted octanol–water partition coefficient (Wildman–Crippen LogP) is 2.35. The van der Waals surface area contributed by atoms with Gasteiger partial charge in [-0.2, -0.15) is 0 Å². The van der Waals surface area contributed by atoms with E-state index < -0.39 is 0 Å². The number of anilines is 1. The van der Waals surface area contributed by atoms with Gasteiger partial charge in [-0.05, 0) is 42.8 Å². The van der Waals surface area contributed by atoms with Crippen LogP contribution in [0.25, 0.3) is 0 Å². The average Bonchev–Trinajstić information content (AvgIpc) is 3.10. The Hall–Kier alpha value is -1.78. The third-order valence-corrected chi connectivity index (χ3v) is 4.91. The number of rotatable bonds is 4. The molecule has 2 N–H and O–H groups in total.